The maximum absolute atomic E-state index is 12.2. The van der Waals surface area contributed by atoms with Gasteiger partial charge in [0.25, 0.3) is 5.91 Å². The fraction of sp³-hybridized carbons (Fsp3) is 0.400. The van der Waals surface area contributed by atoms with E-state index in [9.17, 15) is 14.9 Å². The number of hydrogen-bond acceptors (Lipinski definition) is 8. The number of nitro groups is 1. The van der Waals surface area contributed by atoms with Crippen molar-refractivity contribution < 1.29 is 14.5 Å². The Labute approximate surface area is 203 Å². The van der Waals surface area contributed by atoms with Crippen LogP contribution in [-0.2, 0) is 4.79 Å². The zero-order chi connectivity index (χ0) is 24.8. The third kappa shape index (κ3) is 6.14. The first-order chi connectivity index (χ1) is 16.9. The molecule has 0 saturated heterocycles. The maximum Gasteiger partial charge on any atom is 0.310 e. The lowest BCUT2D eigenvalue weighted by Gasteiger charge is -2.29. The highest BCUT2D eigenvalue weighted by molar-refractivity contribution is 5.90. The number of hydrogen-bond donors (Lipinski definition) is 2. The molecule has 0 radical (unpaired) electrons. The van der Waals surface area contributed by atoms with Crippen LogP contribution in [0.3, 0.4) is 0 Å². The summed E-state index contributed by atoms with van der Waals surface area (Å²) in [6, 6.07) is 14.3. The summed E-state index contributed by atoms with van der Waals surface area (Å²) in [5.41, 5.74) is 0.757. The van der Waals surface area contributed by atoms with Crippen molar-refractivity contribution in [2.45, 2.75) is 31.7 Å². The van der Waals surface area contributed by atoms with E-state index in [4.69, 9.17) is 14.7 Å². The molecule has 35 heavy (non-hydrogen) atoms. The van der Waals surface area contributed by atoms with Gasteiger partial charge in [0.1, 0.15) is 5.82 Å². The van der Waals surface area contributed by atoms with Gasteiger partial charge in [0.05, 0.1) is 10.4 Å². The normalized spacial score (nSPS) is 17.5. The molecule has 1 aliphatic carbocycles. The van der Waals surface area contributed by atoms with E-state index in [0.717, 1.165) is 42.4 Å². The topological polar surface area (TPSA) is 123 Å². The first-order valence-corrected chi connectivity index (χ1v) is 11.7. The molecule has 0 atom stereocenters. The van der Waals surface area contributed by atoms with Gasteiger partial charge in [-0.05, 0) is 49.8 Å². The molecule has 1 heterocycles. The third-order valence-electron chi connectivity index (χ3n) is 6.20. The quantitative estimate of drug-likeness (QED) is 0.352. The van der Waals surface area contributed by atoms with Crippen LogP contribution >= 0.6 is 0 Å². The molecule has 1 aliphatic rings. The van der Waals surface area contributed by atoms with Crippen LogP contribution in [0.1, 0.15) is 25.7 Å². The highest BCUT2D eigenvalue weighted by Gasteiger charge is 2.23. The number of nitro benzene ring substituents is 1. The highest BCUT2D eigenvalue weighted by Crippen LogP contribution is 2.28. The van der Waals surface area contributed by atoms with E-state index in [1.165, 1.54) is 12.1 Å². The van der Waals surface area contributed by atoms with E-state index in [1.54, 1.807) is 12.1 Å². The molecule has 1 fully saturated rings. The predicted octanol–water partition coefficient (Wildman–Crippen LogP) is 3.77. The van der Waals surface area contributed by atoms with Crippen LogP contribution in [0.15, 0.2) is 48.5 Å². The number of fused-ring (bicyclic) bond motifs is 1. The Morgan fingerprint density at radius 1 is 1.09 bits per heavy atom. The second-order valence-electron chi connectivity index (χ2n) is 8.96. The second kappa shape index (κ2) is 11.0. The van der Waals surface area contributed by atoms with Gasteiger partial charge in [-0.1, -0.05) is 24.3 Å². The van der Waals surface area contributed by atoms with Crippen LogP contribution in [0, 0.1) is 16.0 Å². The lowest BCUT2D eigenvalue weighted by molar-refractivity contribution is -0.385. The Morgan fingerprint density at radius 2 is 1.80 bits per heavy atom. The minimum atomic E-state index is -0.524. The van der Waals surface area contributed by atoms with E-state index >= 15 is 0 Å². The molecule has 4 rings (SSSR count). The molecule has 0 unspecified atom stereocenters. The smallest absolute Gasteiger partial charge is 0.310 e. The molecule has 1 aromatic heterocycles. The number of carbonyl (C=O) groups excluding carboxylic acids is 1. The van der Waals surface area contributed by atoms with Crippen molar-refractivity contribution in [3.63, 3.8) is 0 Å². The predicted molar refractivity (Wildman–Crippen MR) is 135 cm³/mol. The van der Waals surface area contributed by atoms with Crippen LogP contribution in [-0.4, -0.2) is 54.1 Å². The number of nitrogens with zero attached hydrogens (tertiary/aromatic N) is 4. The van der Waals surface area contributed by atoms with E-state index in [2.05, 4.69) is 10.6 Å². The number of aromatic nitrogens is 2. The van der Waals surface area contributed by atoms with E-state index in [0.29, 0.717) is 18.4 Å². The third-order valence-corrected chi connectivity index (χ3v) is 6.20. The molecule has 2 aromatic carbocycles. The van der Waals surface area contributed by atoms with Crippen molar-refractivity contribution in [1.82, 2.24) is 15.3 Å². The van der Waals surface area contributed by atoms with Gasteiger partial charge in [0, 0.05) is 38.1 Å². The number of para-hydroxylation sites is 3. The molecule has 3 aromatic rings. The summed E-state index contributed by atoms with van der Waals surface area (Å²) in [5.74, 6) is 1.70. The summed E-state index contributed by atoms with van der Waals surface area (Å²) in [5, 5.41) is 18.5. The van der Waals surface area contributed by atoms with Gasteiger partial charge >= 0.3 is 5.69 Å². The Bertz CT molecular complexity index is 1190. The number of carbonyl (C=O) groups is 1. The standard InChI is InChI=1S/C25H30N6O4/c1-30(2)24-19-7-3-4-8-20(19)28-25(29-24)27-18-13-11-17(12-14-18)15-26-23(32)16-35-22-10-6-5-9-21(22)31(33)34/h3-10,17-18H,11-16H2,1-2H3,(H,26,32)(H,27,28,29)/t17-,18+. The summed E-state index contributed by atoms with van der Waals surface area (Å²) >= 11 is 0. The lowest BCUT2D eigenvalue weighted by atomic mass is 9.86. The van der Waals surface area contributed by atoms with Gasteiger partial charge < -0.3 is 20.3 Å². The Kier molecular flexibility index (Phi) is 7.59. The monoisotopic (exact) mass is 478 g/mol. The first kappa shape index (κ1) is 24.2. The van der Waals surface area contributed by atoms with Gasteiger partial charge in [0.2, 0.25) is 5.95 Å². The van der Waals surface area contributed by atoms with Crippen LogP contribution in [0.4, 0.5) is 17.5 Å². The summed E-state index contributed by atoms with van der Waals surface area (Å²) in [6.45, 7) is 0.304. The number of nitrogens with one attached hydrogen (secondary N) is 2. The summed E-state index contributed by atoms with van der Waals surface area (Å²) < 4.78 is 5.36. The second-order valence-corrected chi connectivity index (χ2v) is 8.96. The van der Waals surface area contributed by atoms with Gasteiger partial charge in [-0.2, -0.15) is 4.98 Å². The van der Waals surface area contributed by atoms with Crippen LogP contribution in [0.5, 0.6) is 5.75 Å². The van der Waals surface area contributed by atoms with Crippen molar-refractivity contribution >= 4 is 34.3 Å². The minimum absolute atomic E-state index is 0.0903. The Morgan fingerprint density at radius 3 is 2.54 bits per heavy atom. The molecule has 10 nitrogen and oxygen atoms in total. The van der Waals surface area contributed by atoms with Crippen molar-refractivity contribution in [2.75, 3.05) is 37.5 Å². The molecular formula is C25H30N6O4. The lowest BCUT2D eigenvalue weighted by Crippen LogP contribution is -2.36. The number of ether oxygens (including phenoxy) is 1. The minimum Gasteiger partial charge on any atom is -0.477 e. The van der Waals surface area contributed by atoms with Crippen LogP contribution in [0.2, 0.25) is 0 Å². The number of benzene rings is 2. The summed E-state index contributed by atoms with van der Waals surface area (Å²) in [6.07, 6.45) is 3.86. The summed E-state index contributed by atoms with van der Waals surface area (Å²) in [4.78, 5) is 34.1. The van der Waals surface area contributed by atoms with Gasteiger partial charge in [-0.25, -0.2) is 4.98 Å². The zero-order valence-electron chi connectivity index (χ0n) is 19.9. The van der Waals surface area contributed by atoms with E-state index in [1.807, 2.05) is 43.3 Å². The molecule has 0 aliphatic heterocycles. The van der Waals surface area contributed by atoms with Crippen molar-refractivity contribution in [2.24, 2.45) is 5.92 Å². The number of amides is 1. The fourth-order valence-electron chi connectivity index (χ4n) is 4.34. The molecule has 184 valence electrons. The average molecular weight is 479 g/mol. The molecule has 1 saturated carbocycles. The van der Waals surface area contributed by atoms with Gasteiger partial charge in [0.15, 0.2) is 12.4 Å². The molecule has 10 heteroatoms. The van der Waals surface area contributed by atoms with Crippen LogP contribution in [0.25, 0.3) is 10.9 Å². The molecule has 0 bridgehead atoms. The van der Waals surface area contributed by atoms with E-state index < -0.39 is 4.92 Å². The molecule has 0 spiro atoms. The zero-order valence-corrected chi connectivity index (χ0v) is 19.9. The van der Waals surface area contributed by atoms with E-state index in [-0.39, 0.29) is 30.0 Å². The molecular weight excluding hydrogens is 448 g/mol. The SMILES string of the molecule is CN(C)c1nc(N[C@H]2CC[C@@H](CNC(=O)COc3ccccc3[N+](=O)[O-])CC2)nc2ccccc12. The van der Waals surface area contributed by atoms with Gasteiger partial charge in [-0.15, -0.1) is 0 Å². The Hall–Kier alpha value is -3.95. The Balaban J connectivity index is 1.24. The fourth-order valence-corrected chi connectivity index (χ4v) is 4.34. The number of anilines is 2. The molecule has 2 N–H and O–H groups in total. The highest BCUT2D eigenvalue weighted by atomic mass is 16.6. The average Bonchev–Trinajstić information content (AvgIpc) is 2.86. The first-order valence-electron chi connectivity index (χ1n) is 11.7. The van der Waals surface area contributed by atoms with Crippen molar-refractivity contribution in [3.05, 3.63) is 58.6 Å². The van der Waals surface area contributed by atoms with Gasteiger partial charge in [-0.3, -0.25) is 14.9 Å². The number of rotatable bonds is 9. The van der Waals surface area contributed by atoms with Crippen molar-refractivity contribution in [1.29, 1.82) is 0 Å². The largest absolute Gasteiger partial charge is 0.477 e. The maximum atomic E-state index is 12.2. The van der Waals surface area contributed by atoms with Crippen molar-refractivity contribution in [3.8, 4) is 5.75 Å². The molecule has 1 amide bonds. The van der Waals surface area contributed by atoms with Crippen LogP contribution < -0.4 is 20.3 Å². The summed E-state index contributed by atoms with van der Waals surface area (Å²) in [7, 11) is 3.95.